The fraction of sp³-hybridized carbons (Fsp3) is 0.524. The number of piperidine rings is 1. The zero-order valence-corrected chi connectivity index (χ0v) is 16.1. The number of hydrogen-bond donors (Lipinski definition) is 0. The molecule has 1 atom stereocenters. The van der Waals surface area contributed by atoms with Gasteiger partial charge in [-0.1, -0.05) is 18.2 Å². The van der Waals surface area contributed by atoms with Crippen molar-refractivity contribution in [3.05, 3.63) is 53.3 Å². The summed E-state index contributed by atoms with van der Waals surface area (Å²) in [7, 11) is 1.84. The number of benzene rings is 1. The number of alkyl halides is 3. The Kier molecular flexibility index (Phi) is 6.42. The molecule has 1 saturated heterocycles. The number of nitrogens with zero attached hydrogens (tertiary/aromatic N) is 3. The minimum atomic E-state index is -4.32. The summed E-state index contributed by atoms with van der Waals surface area (Å²) in [6.45, 7) is 1.38. The van der Waals surface area contributed by atoms with Crippen molar-refractivity contribution in [1.29, 1.82) is 0 Å². The van der Waals surface area contributed by atoms with Crippen LogP contribution in [0.4, 0.5) is 13.2 Å². The van der Waals surface area contributed by atoms with E-state index in [9.17, 15) is 18.0 Å². The first-order valence-corrected chi connectivity index (χ1v) is 9.73. The molecule has 0 saturated carbocycles. The third-order valence-electron chi connectivity index (χ3n) is 5.40. The minimum absolute atomic E-state index is 0.115. The molecule has 0 spiro atoms. The van der Waals surface area contributed by atoms with Crippen molar-refractivity contribution in [2.24, 2.45) is 13.0 Å². The van der Waals surface area contributed by atoms with Crippen LogP contribution in [0, 0.1) is 5.92 Å². The minimum Gasteiger partial charge on any atom is -0.342 e. The van der Waals surface area contributed by atoms with E-state index in [1.807, 2.05) is 18.1 Å². The highest BCUT2D eigenvalue weighted by Gasteiger charge is 2.33. The largest absolute Gasteiger partial charge is 0.416 e. The summed E-state index contributed by atoms with van der Waals surface area (Å²) in [6, 6.07) is 5.78. The summed E-state index contributed by atoms with van der Waals surface area (Å²) < 4.78 is 41.2. The first-order chi connectivity index (χ1) is 13.3. The molecule has 2 heterocycles. The van der Waals surface area contributed by atoms with Gasteiger partial charge in [-0.2, -0.15) is 18.3 Å². The monoisotopic (exact) mass is 393 g/mol. The van der Waals surface area contributed by atoms with Gasteiger partial charge in [-0.15, -0.1) is 0 Å². The standard InChI is InChI=1S/C21H26F3N3O/c1-26-14-17(13-25-26)9-11-20(28)27-12-4-5-16(15-27)8-10-18-6-2-3-7-19(18)21(22,23)24/h2-3,6-7,13-14,16H,4-5,8-12,15H2,1H3/t16-/m0/s1. The molecule has 152 valence electrons. The highest BCUT2D eigenvalue weighted by atomic mass is 19.4. The van der Waals surface area contributed by atoms with Crippen LogP contribution in [-0.2, 0) is 30.9 Å². The van der Waals surface area contributed by atoms with Gasteiger partial charge in [0.1, 0.15) is 0 Å². The fourth-order valence-electron chi connectivity index (χ4n) is 3.91. The Morgan fingerprint density at radius 2 is 2.04 bits per heavy atom. The second kappa shape index (κ2) is 8.80. The molecular weight excluding hydrogens is 367 g/mol. The first-order valence-electron chi connectivity index (χ1n) is 9.73. The summed E-state index contributed by atoms with van der Waals surface area (Å²) in [6.07, 6.45) is 3.37. The molecule has 1 aromatic carbocycles. The number of likely N-dealkylation sites (tertiary alicyclic amines) is 1. The Bertz CT molecular complexity index is 800. The van der Waals surface area contributed by atoms with Gasteiger partial charge in [-0.05, 0) is 55.2 Å². The third-order valence-corrected chi connectivity index (χ3v) is 5.40. The average molecular weight is 393 g/mol. The molecule has 3 rings (SSSR count). The first kappa shape index (κ1) is 20.4. The molecule has 28 heavy (non-hydrogen) atoms. The van der Waals surface area contributed by atoms with Crippen LogP contribution in [0.15, 0.2) is 36.7 Å². The average Bonchev–Trinajstić information content (AvgIpc) is 3.09. The Balaban J connectivity index is 1.52. The SMILES string of the molecule is Cn1cc(CCC(=O)N2CCC[C@@H](CCc3ccccc3C(F)(F)F)C2)cn1. The number of hydrogen-bond acceptors (Lipinski definition) is 2. The van der Waals surface area contributed by atoms with Crippen molar-refractivity contribution in [3.8, 4) is 0 Å². The molecule has 1 aliphatic rings. The van der Waals surface area contributed by atoms with Gasteiger partial charge < -0.3 is 4.90 Å². The Hall–Kier alpha value is -2.31. The molecule has 0 aliphatic carbocycles. The predicted molar refractivity (Wildman–Crippen MR) is 101 cm³/mol. The van der Waals surface area contributed by atoms with E-state index < -0.39 is 11.7 Å². The van der Waals surface area contributed by atoms with Crippen LogP contribution >= 0.6 is 0 Å². The van der Waals surface area contributed by atoms with Crippen molar-refractivity contribution in [3.63, 3.8) is 0 Å². The van der Waals surface area contributed by atoms with Crippen LogP contribution in [0.25, 0.3) is 0 Å². The van der Waals surface area contributed by atoms with Gasteiger partial charge >= 0.3 is 6.18 Å². The van der Waals surface area contributed by atoms with Crippen LogP contribution in [-0.4, -0.2) is 33.7 Å². The van der Waals surface area contributed by atoms with Crippen molar-refractivity contribution in [2.45, 2.75) is 44.7 Å². The van der Waals surface area contributed by atoms with Crippen LogP contribution in [0.2, 0.25) is 0 Å². The number of carbonyl (C=O) groups excluding carboxylic acids is 1. The van der Waals surface area contributed by atoms with E-state index >= 15 is 0 Å². The lowest BCUT2D eigenvalue weighted by Crippen LogP contribution is -2.40. The number of amides is 1. The third kappa shape index (κ3) is 5.36. The second-order valence-electron chi connectivity index (χ2n) is 7.56. The lowest BCUT2D eigenvalue weighted by Gasteiger charge is -2.33. The van der Waals surface area contributed by atoms with E-state index in [0.29, 0.717) is 37.8 Å². The van der Waals surface area contributed by atoms with Gasteiger partial charge in [0.25, 0.3) is 0 Å². The van der Waals surface area contributed by atoms with Crippen LogP contribution in [0.5, 0.6) is 0 Å². The number of carbonyl (C=O) groups is 1. The summed E-state index contributed by atoms with van der Waals surface area (Å²) in [4.78, 5) is 14.4. The molecule has 7 heteroatoms. The Morgan fingerprint density at radius 1 is 1.25 bits per heavy atom. The molecule has 0 bridgehead atoms. The zero-order chi connectivity index (χ0) is 20.1. The molecule has 2 aromatic rings. The van der Waals surface area contributed by atoms with Gasteiger partial charge in [0.05, 0.1) is 11.8 Å². The van der Waals surface area contributed by atoms with Gasteiger partial charge in [0.2, 0.25) is 5.91 Å². The highest BCUT2D eigenvalue weighted by Crippen LogP contribution is 2.33. The van der Waals surface area contributed by atoms with Crippen molar-refractivity contribution < 1.29 is 18.0 Å². The van der Waals surface area contributed by atoms with Gasteiger partial charge in [-0.25, -0.2) is 0 Å². The van der Waals surface area contributed by atoms with E-state index in [1.54, 1.807) is 23.0 Å². The molecule has 0 radical (unpaired) electrons. The molecule has 0 N–H and O–H groups in total. The number of aryl methyl sites for hydroxylation is 3. The highest BCUT2D eigenvalue weighted by molar-refractivity contribution is 5.76. The maximum Gasteiger partial charge on any atom is 0.416 e. The number of aromatic nitrogens is 2. The number of rotatable bonds is 6. The lowest BCUT2D eigenvalue weighted by atomic mass is 9.90. The van der Waals surface area contributed by atoms with Gasteiger partial charge in [0.15, 0.2) is 0 Å². The summed E-state index contributed by atoms with van der Waals surface area (Å²) in [5.41, 5.74) is 0.832. The van der Waals surface area contributed by atoms with Crippen molar-refractivity contribution in [2.75, 3.05) is 13.1 Å². The summed E-state index contributed by atoms with van der Waals surface area (Å²) >= 11 is 0. The smallest absolute Gasteiger partial charge is 0.342 e. The maximum atomic E-state index is 13.1. The van der Waals surface area contributed by atoms with Crippen molar-refractivity contribution >= 4 is 5.91 Å². The quantitative estimate of drug-likeness (QED) is 0.736. The van der Waals surface area contributed by atoms with E-state index in [4.69, 9.17) is 0 Å². The van der Waals surface area contributed by atoms with Gasteiger partial charge in [0, 0.05) is 32.8 Å². The van der Waals surface area contributed by atoms with Crippen LogP contribution < -0.4 is 0 Å². The Morgan fingerprint density at radius 3 is 2.75 bits per heavy atom. The predicted octanol–water partition coefficient (Wildman–Crippen LogP) is 4.24. The zero-order valence-electron chi connectivity index (χ0n) is 16.1. The number of halogens is 3. The molecule has 1 aliphatic heterocycles. The van der Waals surface area contributed by atoms with E-state index in [0.717, 1.165) is 31.0 Å². The van der Waals surface area contributed by atoms with E-state index in [2.05, 4.69) is 5.10 Å². The molecule has 1 fully saturated rings. The molecule has 1 aromatic heterocycles. The molecule has 1 amide bonds. The molecule has 0 unspecified atom stereocenters. The van der Waals surface area contributed by atoms with Crippen LogP contribution in [0.3, 0.4) is 0 Å². The van der Waals surface area contributed by atoms with E-state index in [1.165, 1.54) is 6.07 Å². The lowest BCUT2D eigenvalue weighted by molar-refractivity contribution is -0.138. The molecule has 4 nitrogen and oxygen atoms in total. The fourth-order valence-corrected chi connectivity index (χ4v) is 3.91. The summed E-state index contributed by atoms with van der Waals surface area (Å²) in [5, 5.41) is 4.11. The van der Waals surface area contributed by atoms with Gasteiger partial charge in [-0.3, -0.25) is 9.48 Å². The second-order valence-corrected chi connectivity index (χ2v) is 7.56. The topological polar surface area (TPSA) is 38.1 Å². The Labute approximate surface area is 163 Å². The van der Waals surface area contributed by atoms with E-state index in [-0.39, 0.29) is 11.8 Å². The summed E-state index contributed by atoms with van der Waals surface area (Å²) in [5.74, 6) is 0.363. The molecular formula is C21H26F3N3O. The normalized spacial score (nSPS) is 17.7. The maximum absolute atomic E-state index is 13.1. The van der Waals surface area contributed by atoms with Crippen molar-refractivity contribution in [1.82, 2.24) is 14.7 Å². The van der Waals surface area contributed by atoms with Crippen LogP contribution in [0.1, 0.15) is 42.4 Å².